The SMILES string of the molecule is O=C(CCNS(=O)(=O)c1ccc(F)cc1)Nc1ccc(Br)cc1Cl. The lowest BCUT2D eigenvalue weighted by atomic mass is 10.3. The molecule has 2 aromatic rings. The standard InChI is InChI=1S/C15H13BrClFN2O3S/c16-10-1-6-14(13(17)9-10)20-15(21)7-8-19-24(22,23)12-4-2-11(18)3-5-12/h1-6,9,19H,7-8H2,(H,20,21). The van der Waals surface area contributed by atoms with Crippen LogP contribution in [0, 0.1) is 5.82 Å². The largest absolute Gasteiger partial charge is 0.325 e. The van der Waals surface area contributed by atoms with Crippen molar-refractivity contribution in [1.29, 1.82) is 0 Å². The maximum atomic E-state index is 12.8. The lowest BCUT2D eigenvalue weighted by molar-refractivity contribution is -0.116. The molecular weight excluding hydrogens is 423 g/mol. The predicted octanol–water partition coefficient (Wildman–Crippen LogP) is 3.55. The molecule has 0 fully saturated rings. The summed E-state index contributed by atoms with van der Waals surface area (Å²) in [5.41, 5.74) is 0.436. The van der Waals surface area contributed by atoms with E-state index in [9.17, 15) is 17.6 Å². The molecule has 2 N–H and O–H groups in total. The number of anilines is 1. The highest BCUT2D eigenvalue weighted by molar-refractivity contribution is 9.10. The number of benzene rings is 2. The molecule has 0 heterocycles. The number of sulfonamides is 1. The van der Waals surface area contributed by atoms with Gasteiger partial charge in [-0.2, -0.15) is 0 Å². The number of rotatable bonds is 6. The molecule has 1 amide bonds. The van der Waals surface area contributed by atoms with Crippen LogP contribution in [0.5, 0.6) is 0 Å². The van der Waals surface area contributed by atoms with E-state index in [0.29, 0.717) is 10.7 Å². The monoisotopic (exact) mass is 434 g/mol. The first-order chi connectivity index (χ1) is 11.3. The Balaban J connectivity index is 1.89. The first-order valence-electron chi connectivity index (χ1n) is 6.78. The van der Waals surface area contributed by atoms with Crippen molar-refractivity contribution in [3.05, 3.63) is 57.8 Å². The molecule has 2 aromatic carbocycles. The van der Waals surface area contributed by atoms with Crippen LogP contribution in [0.2, 0.25) is 5.02 Å². The Bertz CT molecular complexity index is 844. The van der Waals surface area contributed by atoms with E-state index in [4.69, 9.17) is 11.6 Å². The molecular formula is C15H13BrClFN2O3S. The van der Waals surface area contributed by atoms with Crippen LogP contribution in [0.4, 0.5) is 10.1 Å². The van der Waals surface area contributed by atoms with Crippen LogP contribution in [0.3, 0.4) is 0 Å². The van der Waals surface area contributed by atoms with Crippen LogP contribution >= 0.6 is 27.5 Å². The number of hydrogen-bond acceptors (Lipinski definition) is 3. The average Bonchev–Trinajstić information content (AvgIpc) is 2.50. The van der Waals surface area contributed by atoms with Gasteiger partial charge in [-0.1, -0.05) is 27.5 Å². The third-order valence-corrected chi connectivity index (χ3v) is 5.26. The van der Waals surface area contributed by atoms with Gasteiger partial charge in [-0.3, -0.25) is 4.79 Å². The number of amides is 1. The molecule has 0 atom stereocenters. The molecule has 2 rings (SSSR count). The fraction of sp³-hybridized carbons (Fsp3) is 0.133. The Morgan fingerprint density at radius 2 is 1.83 bits per heavy atom. The van der Waals surface area contributed by atoms with Gasteiger partial charge in [-0.05, 0) is 42.5 Å². The minimum Gasteiger partial charge on any atom is -0.325 e. The second-order valence-corrected chi connectivity index (χ2v) is 7.86. The van der Waals surface area contributed by atoms with Gasteiger partial charge in [0, 0.05) is 17.4 Å². The zero-order valence-electron chi connectivity index (χ0n) is 12.2. The fourth-order valence-corrected chi connectivity index (χ4v) is 3.55. The third-order valence-electron chi connectivity index (χ3n) is 2.97. The van der Waals surface area contributed by atoms with Crippen molar-refractivity contribution in [2.45, 2.75) is 11.3 Å². The Morgan fingerprint density at radius 3 is 2.46 bits per heavy atom. The van der Waals surface area contributed by atoms with Gasteiger partial charge in [0.2, 0.25) is 15.9 Å². The lowest BCUT2D eigenvalue weighted by Crippen LogP contribution is -2.27. The first kappa shape index (κ1) is 18.9. The second kappa shape index (κ2) is 8.06. The van der Waals surface area contributed by atoms with Gasteiger partial charge in [0.1, 0.15) is 5.82 Å². The Hall–Kier alpha value is -1.48. The fourth-order valence-electron chi connectivity index (χ4n) is 1.80. The highest BCUT2D eigenvalue weighted by Gasteiger charge is 2.14. The third kappa shape index (κ3) is 5.27. The van der Waals surface area contributed by atoms with Gasteiger partial charge in [-0.25, -0.2) is 17.5 Å². The number of carbonyl (C=O) groups is 1. The van der Waals surface area contributed by atoms with Crippen LogP contribution < -0.4 is 10.0 Å². The summed E-state index contributed by atoms with van der Waals surface area (Å²) in [6.07, 6.45) is -0.0766. The molecule has 0 aromatic heterocycles. The molecule has 24 heavy (non-hydrogen) atoms. The molecule has 0 bridgehead atoms. The number of hydrogen-bond donors (Lipinski definition) is 2. The summed E-state index contributed by atoms with van der Waals surface area (Å²) in [7, 11) is -3.79. The van der Waals surface area contributed by atoms with Crippen molar-refractivity contribution < 1.29 is 17.6 Å². The molecule has 0 unspecified atom stereocenters. The summed E-state index contributed by atoms with van der Waals surface area (Å²) in [5, 5.41) is 2.96. The van der Waals surface area contributed by atoms with E-state index < -0.39 is 15.8 Å². The van der Waals surface area contributed by atoms with Crippen molar-refractivity contribution in [2.75, 3.05) is 11.9 Å². The molecule has 0 saturated carbocycles. The summed E-state index contributed by atoms with van der Waals surface area (Å²) in [5.74, 6) is -0.916. The van der Waals surface area contributed by atoms with E-state index in [1.807, 2.05) is 0 Å². The van der Waals surface area contributed by atoms with E-state index in [0.717, 1.165) is 28.7 Å². The van der Waals surface area contributed by atoms with Crippen LogP contribution in [0.25, 0.3) is 0 Å². The Kier molecular flexibility index (Phi) is 6.34. The summed E-state index contributed by atoms with van der Waals surface area (Å²) < 4.78 is 39.8. The van der Waals surface area contributed by atoms with Crippen molar-refractivity contribution in [3.8, 4) is 0 Å². The van der Waals surface area contributed by atoms with Crippen molar-refractivity contribution in [1.82, 2.24) is 4.72 Å². The molecule has 9 heteroatoms. The van der Waals surface area contributed by atoms with E-state index in [1.54, 1.807) is 18.2 Å². The summed E-state index contributed by atoms with van der Waals surface area (Å²) in [4.78, 5) is 11.8. The molecule has 0 radical (unpaired) electrons. The highest BCUT2D eigenvalue weighted by atomic mass is 79.9. The normalized spacial score (nSPS) is 11.3. The van der Waals surface area contributed by atoms with Gasteiger partial charge in [0.25, 0.3) is 0 Å². The molecule has 5 nitrogen and oxygen atoms in total. The lowest BCUT2D eigenvalue weighted by Gasteiger charge is -2.09. The summed E-state index contributed by atoms with van der Waals surface area (Å²) in [6, 6.07) is 9.40. The molecule has 0 aliphatic rings. The van der Waals surface area contributed by atoms with Crippen LogP contribution in [0.1, 0.15) is 6.42 Å². The average molecular weight is 436 g/mol. The van der Waals surface area contributed by atoms with Gasteiger partial charge >= 0.3 is 0 Å². The first-order valence-corrected chi connectivity index (χ1v) is 9.43. The Labute approximate surface area is 152 Å². The van der Waals surface area contributed by atoms with E-state index >= 15 is 0 Å². The summed E-state index contributed by atoms with van der Waals surface area (Å²) >= 11 is 9.24. The zero-order valence-corrected chi connectivity index (χ0v) is 15.4. The zero-order chi connectivity index (χ0) is 17.7. The topological polar surface area (TPSA) is 75.3 Å². The number of nitrogens with one attached hydrogen (secondary N) is 2. The maximum absolute atomic E-state index is 12.8. The van der Waals surface area contributed by atoms with Crippen LogP contribution in [-0.4, -0.2) is 20.9 Å². The molecule has 0 aliphatic carbocycles. The van der Waals surface area contributed by atoms with Crippen LogP contribution in [-0.2, 0) is 14.8 Å². The van der Waals surface area contributed by atoms with Crippen molar-refractivity contribution in [2.24, 2.45) is 0 Å². The quantitative estimate of drug-likeness (QED) is 0.729. The second-order valence-electron chi connectivity index (χ2n) is 4.77. The minimum atomic E-state index is -3.79. The molecule has 0 aliphatic heterocycles. The molecule has 0 spiro atoms. The van der Waals surface area contributed by atoms with Crippen molar-refractivity contribution in [3.63, 3.8) is 0 Å². The van der Waals surface area contributed by atoms with E-state index in [-0.39, 0.29) is 23.8 Å². The van der Waals surface area contributed by atoms with E-state index in [1.165, 1.54) is 0 Å². The Morgan fingerprint density at radius 1 is 1.17 bits per heavy atom. The predicted molar refractivity (Wildman–Crippen MR) is 94.0 cm³/mol. The van der Waals surface area contributed by atoms with Crippen LogP contribution in [0.15, 0.2) is 51.8 Å². The van der Waals surface area contributed by atoms with Crippen molar-refractivity contribution >= 4 is 49.1 Å². The van der Waals surface area contributed by atoms with Gasteiger partial charge < -0.3 is 5.32 Å². The van der Waals surface area contributed by atoms with Gasteiger partial charge in [0.05, 0.1) is 15.6 Å². The maximum Gasteiger partial charge on any atom is 0.240 e. The minimum absolute atomic E-state index is 0.0692. The smallest absolute Gasteiger partial charge is 0.240 e. The summed E-state index contributed by atoms with van der Waals surface area (Å²) in [6.45, 7) is -0.0975. The highest BCUT2D eigenvalue weighted by Crippen LogP contribution is 2.25. The molecule has 128 valence electrons. The van der Waals surface area contributed by atoms with E-state index in [2.05, 4.69) is 26.0 Å². The number of halogens is 3. The molecule has 0 saturated heterocycles. The van der Waals surface area contributed by atoms with Gasteiger partial charge in [-0.15, -0.1) is 0 Å². The van der Waals surface area contributed by atoms with Gasteiger partial charge in [0.15, 0.2) is 0 Å². The number of carbonyl (C=O) groups excluding carboxylic acids is 1.